The normalized spacial score (nSPS) is 12.0. The van der Waals surface area contributed by atoms with Gasteiger partial charge in [0.25, 0.3) is 0 Å². The van der Waals surface area contributed by atoms with Crippen molar-refractivity contribution in [3.63, 3.8) is 0 Å². The van der Waals surface area contributed by atoms with E-state index in [1.807, 2.05) is 121 Å². The highest BCUT2D eigenvalue weighted by Crippen LogP contribution is 2.44. The van der Waals surface area contributed by atoms with Crippen molar-refractivity contribution in [2.24, 2.45) is 0 Å². The molecule has 0 aliphatic rings. The molecule has 0 aromatic heterocycles. The van der Waals surface area contributed by atoms with Gasteiger partial charge in [0, 0.05) is 21.9 Å². The topological polar surface area (TPSA) is 101 Å². The molecule has 0 amide bonds. The minimum Gasteiger partial charge on any atom is -0.744 e. The summed E-state index contributed by atoms with van der Waals surface area (Å²) in [5, 5.41) is 4.10. The minimum absolute atomic E-state index is 0.0476. The Morgan fingerprint density at radius 2 is 0.940 bits per heavy atom. The van der Waals surface area contributed by atoms with Crippen LogP contribution >= 0.6 is 0 Å². The van der Waals surface area contributed by atoms with Crippen molar-refractivity contribution in [1.82, 2.24) is 0 Å². The molecule has 0 unspecified atom stereocenters. The van der Waals surface area contributed by atoms with E-state index in [4.69, 9.17) is 4.18 Å². The molecule has 50 heavy (non-hydrogen) atoms. The van der Waals surface area contributed by atoms with E-state index in [1.165, 1.54) is 18.2 Å². The maximum atomic E-state index is 14.9. The van der Waals surface area contributed by atoms with Gasteiger partial charge < -0.3 is 8.74 Å². The zero-order valence-corrected chi connectivity index (χ0v) is 28.0. The molecule has 0 fully saturated rings. The maximum absolute atomic E-state index is 14.9. The van der Waals surface area contributed by atoms with Crippen molar-refractivity contribution in [1.29, 1.82) is 0 Å². The maximum Gasteiger partial charge on any atom is 0.340 e. The molecule has 8 aromatic carbocycles. The Kier molecular flexibility index (Phi) is 7.72. The Morgan fingerprint density at radius 3 is 1.60 bits per heavy atom. The van der Waals surface area contributed by atoms with Crippen LogP contribution in [0.25, 0.3) is 65.7 Å². The molecule has 0 atom stereocenters. The zero-order valence-electron chi connectivity index (χ0n) is 26.4. The SMILES string of the molecule is O=S(=O)([O-])c1ccc(OS(=O)(=O)c2c(-c3ccccc3)cc(-c3cccc4ccccc34)cc2-c2cccc3ccccc23)c2ccccc12. The predicted octanol–water partition coefficient (Wildman–Crippen LogP) is 9.82. The summed E-state index contributed by atoms with van der Waals surface area (Å²) in [6.07, 6.45) is 0. The van der Waals surface area contributed by atoms with E-state index in [9.17, 15) is 21.4 Å². The molecule has 0 N–H and O–H groups in total. The lowest BCUT2D eigenvalue weighted by Crippen LogP contribution is -2.14. The Bertz CT molecular complexity index is 2820. The number of fused-ring (bicyclic) bond motifs is 3. The summed E-state index contributed by atoms with van der Waals surface area (Å²) in [6, 6.07) is 49.3. The summed E-state index contributed by atoms with van der Waals surface area (Å²) in [7, 11) is -9.50. The first-order chi connectivity index (χ1) is 24.2. The van der Waals surface area contributed by atoms with Crippen LogP contribution in [0.4, 0.5) is 0 Å². The van der Waals surface area contributed by atoms with Gasteiger partial charge >= 0.3 is 10.1 Å². The molecule has 0 spiro atoms. The number of rotatable bonds is 7. The molecule has 8 heteroatoms. The average molecular weight is 692 g/mol. The van der Waals surface area contributed by atoms with E-state index in [1.54, 1.807) is 12.1 Å². The van der Waals surface area contributed by atoms with Gasteiger partial charge in [-0.2, -0.15) is 8.42 Å². The molecule has 0 radical (unpaired) electrons. The van der Waals surface area contributed by atoms with E-state index >= 15 is 0 Å². The van der Waals surface area contributed by atoms with Gasteiger partial charge in [-0.05, 0) is 68.1 Å². The second kappa shape index (κ2) is 12.3. The second-order valence-electron chi connectivity index (χ2n) is 11.9. The molecular formula is C42H27O6S2-. The van der Waals surface area contributed by atoms with E-state index < -0.39 is 25.1 Å². The molecule has 0 saturated carbocycles. The van der Waals surface area contributed by atoms with Crippen LogP contribution in [0, 0.1) is 0 Å². The van der Waals surface area contributed by atoms with Crippen molar-refractivity contribution in [2.45, 2.75) is 9.79 Å². The van der Waals surface area contributed by atoms with Crippen molar-refractivity contribution in [2.75, 3.05) is 0 Å². The van der Waals surface area contributed by atoms with Gasteiger partial charge in [-0.3, -0.25) is 0 Å². The van der Waals surface area contributed by atoms with Crippen molar-refractivity contribution in [3.05, 3.63) is 164 Å². The summed E-state index contributed by atoms with van der Waals surface area (Å²) >= 11 is 0. The fraction of sp³-hybridized carbons (Fsp3) is 0. The summed E-state index contributed by atoms with van der Waals surface area (Å²) < 4.78 is 72.1. The third-order valence-electron chi connectivity index (χ3n) is 8.92. The highest BCUT2D eigenvalue weighted by Gasteiger charge is 2.30. The Morgan fingerprint density at radius 1 is 0.420 bits per heavy atom. The molecule has 0 heterocycles. The summed E-state index contributed by atoms with van der Waals surface area (Å²) in [5.41, 5.74) is 3.99. The third kappa shape index (κ3) is 5.59. The zero-order chi connectivity index (χ0) is 34.5. The van der Waals surface area contributed by atoms with Crippen LogP contribution < -0.4 is 4.18 Å². The fourth-order valence-electron chi connectivity index (χ4n) is 6.72. The highest BCUT2D eigenvalue weighted by atomic mass is 32.2. The van der Waals surface area contributed by atoms with Gasteiger partial charge in [0.2, 0.25) is 0 Å². The Hall–Kier alpha value is -5.80. The van der Waals surface area contributed by atoms with E-state index in [-0.39, 0.29) is 21.4 Å². The first-order valence-corrected chi connectivity index (χ1v) is 18.6. The summed E-state index contributed by atoms with van der Waals surface area (Å²) in [4.78, 5) is -0.507. The second-order valence-corrected chi connectivity index (χ2v) is 14.8. The van der Waals surface area contributed by atoms with Crippen LogP contribution in [-0.2, 0) is 20.2 Å². The van der Waals surface area contributed by atoms with Gasteiger partial charge in [-0.1, -0.05) is 140 Å². The minimum atomic E-state index is -4.85. The Balaban J connectivity index is 1.46. The first kappa shape index (κ1) is 31.5. The van der Waals surface area contributed by atoms with Gasteiger partial charge in [0.1, 0.15) is 15.0 Å². The van der Waals surface area contributed by atoms with E-state index in [0.29, 0.717) is 22.3 Å². The highest BCUT2D eigenvalue weighted by molar-refractivity contribution is 7.87. The molecular weight excluding hydrogens is 665 g/mol. The smallest absolute Gasteiger partial charge is 0.340 e. The molecule has 6 nitrogen and oxygen atoms in total. The lowest BCUT2D eigenvalue weighted by atomic mass is 9.89. The molecule has 0 aliphatic carbocycles. The molecule has 8 aromatic rings. The largest absolute Gasteiger partial charge is 0.744 e. The quantitative estimate of drug-likeness (QED) is 0.122. The summed E-state index contributed by atoms with van der Waals surface area (Å²) in [6.45, 7) is 0. The van der Waals surface area contributed by atoms with E-state index in [0.717, 1.165) is 38.7 Å². The molecule has 244 valence electrons. The van der Waals surface area contributed by atoms with Crippen LogP contribution in [0.1, 0.15) is 0 Å². The van der Waals surface area contributed by atoms with Crippen molar-refractivity contribution in [3.8, 4) is 39.1 Å². The molecule has 0 saturated heterocycles. The molecule has 0 bridgehead atoms. The van der Waals surface area contributed by atoms with Crippen LogP contribution in [-0.4, -0.2) is 21.4 Å². The van der Waals surface area contributed by atoms with Crippen LogP contribution in [0.5, 0.6) is 5.75 Å². The molecule has 8 rings (SSSR count). The Labute approximate surface area is 289 Å². The van der Waals surface area contributed by atoms with Crippen LogP contribution in [0.15, 0.2) is 174 Å². The van der Waals surface area contributed by atoms with Gasteiger partial charge in [0.15, 0.2) is 5.75 Å². The first-order valence-electron chi connectivity index (χ1n) is 15.8. The van der Waals surface area contributed by atoms with Crippen molar-refractivity contribution < 1.29 is 25.6 Å². The monoisotopic (exact) mass is 691 g/mol. The van der Waals surface area contributed by atoms with E-state index in [2.05, 4.69) is 6.07 Å². The lowest BCUT2D eigenvalue weighted by molar-refractivity contribution is 0.464. The number of hydrogen-bond acceptors (Lipinski definition) is 6. The van der Waals surface area contributed by atoms with Gasteiger partial charge in [-0.15, -0.1) is 0 Å². The predicted molar refractivity (Wildman–Crippen MR) is 197 cm³/mol. The van der Waals surface area contributed by atoms with Gasteiger partial charge in [-0.25, -0.2) is 8.42 Å². The standard InChI is InChI=1S/C42H28O6S2/c43-49(44,45)41-25-24-40(36-20-8-9-21-37(36)41)48-50(46,47)42-38(30-12-2-1-3-13-30)26-31(34-22-10-16-28-14-4-6-18-32(28)34)27-39(42)35-23-11-17-29-15-5-7-19-33(29)35/h1-27H,(H,43,44,45)/p-1. The fourth-order valence-corrected chi connectivity index (χ4v) is 8.75. The average Bonchev–Trinajstić information content (AvgIpc) is 3.13. The third-order valence-corrected chi connectivity index (χ3v) is 11.2. The number of benzene rings is 8. The van der Waals surface area contributed by atoms with Gasteiger partial charge in [0.05, 0.1) is 4.90 Å². The van der Waals surface area contributed by atoms with Crippen LogP contribution in [0.3, 0.4) is 0 Å². The summed E-state index contributed by atoms with van der Waals surface area (Å²) in [5.74, 6) is -0.103. The molecule has 0 aliphatic heterocycles. The number of hydrogen-bond donors (Lipinski definition) is 0. The lowest BCUT2D eigenvalue weighted by Gasteiger charge is -2.21. The van der Waals surface area contributed by atoms with Crippen molar-refractivity contribution >= 4 is 52.6 Å². The van der Waals surface area contributed by atoms with Crippen LogP contribution in [0.2, 0.25) is 0 Å².